The summed E-state index contributed by atoms with van der Waals surface area (Å²) in [7, 11) is 0. The average molecular weight is 343 g/mol. The van der Waals surface area contributed by atoms with Gasteiger partial charge in [0.25, 0.3) is 0 Å². The molecule has 1 saturated heterocycles. The van der Waals surface area contributed by atoms with Crippen molar-refractivity contribution in [3.8, 4) is 6.07 Å². The lowest BCUT2D eigenvalue weighted by Crippen LogP contribution is -2.43. The predicted octanol–water partition coefficient (Wildman–Crippen LogP) is 2.23. The van der Waals surface area contributed by atoms with Crippen LogP contribution in [0.25, 0.3) is 27.7 Å². The summed E-state index contributed by atoms with van der Waals surface area (Å²) in [6.07, 6.45) is 3.86. The molecule has 1 aliphatic rings. The molecule has 2 N–H and O–H groups in total. The van der Waals surface area contributed by atoms with E-state index in [0.29, 0.717) is 17.2 Å². The zero-order chi connectivity index (χ0) is 17.7. The molecular formula is C19H17N7. The Balaban J connectivity index is 1.81. The van der Waals surface area contributed by atoms with Gasteiger partial charge in [-0.25, -0.2) is 9.97 Å². The van der Waals surface area contributed by atoms with Crippen LogP contribution < -0.4 is 10.6 Å². The van der Waals surface area contributed by atoms with E-state index in [2.05, 4.69) is 20.9 Å². The van der Waals surface area contributed by atoms with Crippen molar-refractivity contribution in [3.05, 3.63) is 42.1 Å². The van der Waals surface area contributed by atoms with E-state index in [1.165, 1.54) is 0 Å². The molecule has 1 fully saturated rings. The fraction of sp³-hybridized carbons (Fsp3) is 0.263. The molecular weight excluding hydrogens is 326 g/mol. The summed E-state index contributed by atoms with van der Waals surface area (Å²) in [6.45, 7) is 1.67. The Labute approximate surface area is 149 Å². The van der Waals surface area contributed by atoms with E-state index in [1.54, 1.807) is 6.20 Å². The summed E-state index contributed by atoms with van der Waals surface area (Å²) in [5, 5.41) is 10.4. The van der Waals surface area contributed by atoms with Crippen molar-refractivity contribution in [2.75, 3.05) is 18.0 Å². The van der Waals surface area contributed by atoms with Crippen molar-refractivity contribution in [1.29, 1.82) is 5.26 Å². The molecule has 26 heavy (non-hydrogen) atoms. The van der Waals surface area contributed by atoms with Gasteiger partial charge in [0.1, 0.15) is 6.07 Å². The molecule has 4 heterocycles. The van der Waals surface area contributed by atoms with Gasteiger partial charge in [-0.15, -0.1) is 0 Å². The van der Waals surface area contributed by atoms with E-state index in [0.717, 1.165) is 48.0 Å². The molecule has 5 rings (SSSR count). The van der Waals surface area contributed by atoms with Crippen molar-refractivity contribution in [3.63, 3.8) is 0 Å². The topological polar surface area (TPSA) is 96.1 Å². The number of para-hydroxylation sites is 2. The summed E-state index contributed by atoms with van der Waals surface area (Å²) in [5.41, 5.74) is 9.80. The number of imidazole rings is 1. The van der Waals surface area contributed by atoms with Crippen LogP contribution in [0.1, 0.15) is 18.4 Å². The minimum absolute atomic E-state index is 0.151. The normalized spacial score (nSPS) is 17.8. The van der Waals surface area contributed by atoms with Crippen LogP contribution in [-0.2, 0) is 0 Å². The Morgan fingerprint density at radius 1 is 1.19 bits per heavy atom. The number of hydrogen-bond donors (Lipinski definition) is 1. The minimum Gasteiger partial charge on any atom is -0.339 e. The number of benzene rings is 1. The molecule has 7 heteroatoms. The van der Waals surface area contributed by atoms with Crippen LogP contribution in [-0.4, -0.2) is 38.5 Å². The maximum absolute atomic E-state index is 9.54. The summed E-state index contributed by atoms with van der Waals surface area (Å²) < 4.78 is 1.96. The maximum atomic E-state index is 9.54. The van der Waals surface area contributed by atoms with Crippen molar-refractivity contribution in [2.45, 2.75) is 18.9 Å². The van der Waals surface area contributed by atoms with Crippen molar-refractivity contribution < 1.29 is 0 Å². The number of nitrogens with two attached hydrogens (primary N) is 1. The molecule has 1 atom stereocenters. The smallest absolute Gasteiger partial charge is 0.227 e. The number of pyridine rings is 1. The average Bonchev–Trinajstić information content (AvgIpc) is 3.07. The summed E-state index contributed by atoms with van der Waals surface area (Å²) in [5.74, 6) is 0.677. The number of nitriles is 1. The van der Waals surface area contributed by atoms with Crippen LogP contribution in [0.5, 0.6) is 0 Å². The van der Waals surface area contributed by atoms with Gasteiger partial charge >= 0.3 is 0 Å². The third-order valence-corrected chi connectivity index (χ3v) is 4.96. The van der Waals surface area contributed by atoms with Gasteiger partial charge in [-0.2, -0.15) is 10.2 Å². The number of hydrogen-bond acceptors (Lipinski definition) is 6. The first-order valence-corrected chi connectivity index (χ1v) is 8.72. The van der Waals surface area contributed by atoms with E-state index >= 15 is 0 Å². The number of anilines is 1. The zero-order valence-electron chi connectivity index (χ0n) is 14.1. The predicted molar refractivity (Wildman–Crippen MR) is 99.9 cm³/mol. The third kappa shape index (κ3) is 2.20. The monoisotopic (exact) mass is 343 g/mol. The van der Waals surface area contributed by atoms with Gasteiger partial charge in [-0.05, 0) is 31.0 Å². The second kappa shape index (κ2) is 5.64. The first kappa shape index (κ1) is 15.0. The molecule has 0 radical (unpaired) electrons. The fourth-order valence-corrected chi connectivity index (χ4v) is 3.72. The van der Waals surface area contributed by atoms with E-state index in [1.807, 2.05) is 34.7 Å². The lowest BCUT2D eigenvalue weighted by atomic mass is 10.1. The van der Waals surface area contributed by atoms with Crippen molar-refractivity contribution in [2.24, 2.45) is 5.73 Å². The van der Waals surface area contributed by atoms with E-state index in [4.69, 9.17) is 10.7 Å². The SMILES string of the molecule is N#Cc1cc2cnc(N3CCC[C@H](N)C3)nc2n2c1nc1ccccc12. The highest BCUT2D eigenvalue weighted by molar-refractivity contribution is 5.91. The molecule has 0 saturated carbocycles. The maximum Gasteiger partial charge on any atom is 0.227 e. The molecule has 0 aliphatic carbocycles. The number of nitrogens with zero attached hydrogens (tertiary/aromatic N) is 6. The summed E-state index contributed by atoms with van der Waals surface area (Å²) in [6, 6.07) is 12.0. The van der Waals surface area contributed by atoms with Gasteiger partial charge in [0.05, 0.1) is 16.6 Å². The highest BCUT2D eigenvalue weighted by Crippen LogP contribution is 2.26. The molecule has 1 aliphatic heterocycles. The molecule has 3 aromatic heterocycles. The van der Waals surface area contributed by atoms with Crippen LogP contribution in [0.4, 0.5) is 5.95 Å². The second-order valence-corrected chi connectivity index (χ2v) is 6.73. The molecule has 1 aromatic carbocycles. The van der Waals surface area contributed by atoms with Crippen LogP contribution in [0, 0.1) is 11.3 Å². The van der Waals surface area contributed by atoms with Gasteiger partial charge in [0.15, 0.2) is 11.3 Å². The second-order valence-electron chi connectivity index (χ2n) is 6.73. The summed E-state index contributed by atoms with van der Waals surface area (Å²) >= 11 is 0. The van der Waals surface area contributed by atoms with Gasteiger partial charge < -0.3 is 10.6 Å². The van der Waals surface area contributed by atoms with E-state index < -0.39 is 0 Å². The highest BCUT2D eigenvalue weighted by Gasteiger charge is 2.20. The molecule has 4 aromatic rings. The highest BCUT2D eigenvalue weighted by atomic mass is 15.3. The number of fused-ring (bicyclic) bond motifs is 5. The summed E-state index contributed by atoms with van der Waals surface area (Å²) in [4.78, 5) is 16.1. The number of aromatic nitrogens is 4. The Kier molecular flexibility index (Phi) is 3.27. The van der Waals surface area contributed by atoms with Gasteiger partial charge in [0, 0.05) is 30.7 Å². The van der Waals surface area contributed by atoms with Crippen molar-refractivity contribution in [1.82, 2.24) is 19.4 Å². The van der Waals surface area contributed by atoms with Crippen LogP contribution in [0.2, 0.25) is 0 Å². The Morgan fingerprint density at radius 3 is 2.92 bits per heavy atom. The molecule has 0 amide bonds. The van der Waals surface area contributed by atoms with Crippen LogP contribution >= 0.6 is 0 Å². The van der Waals surface area contributed by atoms with Crippen molar-refractivity contribution >= 4 is 33.7 Å². The van der Waals surface area contributed by atoms with Gasteiger partial charge in [-0.3, -0.25) is 4.40 Å². The molecule has 0 bridgehead atoms. The largest absolute Gasteiger partial charge is 0.339 e. The molecule has 128 valence electrons. The standard InChI is InChI=1S/C19H17N7/c20-9-12-8-13-10-22-19(25-7-3-4-14(21)11-25)24-18(13)26-16-6-2-1-5-15(16)23-17(12)26/h1-2,5-6,8,10,14H,3-4,7,11,21H2/t14-/m0/s1. The van der Waals surface area contributed by atoms with Crippen LogP contribution in [0.15, 0.2) is 36.5 Å². The number of piperidine rings is 1. The van der Waals surface area contributed by atoms with E-state index in [-0.39, 0.29) is 6.04 Å². The first-order valence-electron chi connectivity index (χ1n) is 8.72. The molecule has 0 spiro atoms. The Hall–Kier alpha value is -3.24. The number of rotatable bonds is 1. The molecule has 0 unspecified atom stereocenters. The zero-order valence-corrected chi connectivity index (χ0v) is 14.1. The van der Waals surface area contributed by atoms with Gasteiger partial charge in [-0.1, -0.05) is 12.1 Å². The lowest BCUT2D eigenvalue weighted by molar-refractivity contribution is 0.500. The quantitative estimate of drug-likeness (QED) is 0.569. The Morgan fingerprint density at radius 2 is 2.08 bits per heavy atom. The van der Waals surface area contributed by atoms with E-state index in [9.17, 15) is 5.26 Å². The third-order valence-electron chi connectivity index (χ3n) is 4.96. The molecule has 7 nitrogen and oxygen atoms in total. The fourth-order valence-electron chi connectivity index (χ4n) is 3.72. The minimum atomic E-state index is 0.151. The van der Waals surface area contributed by atoms with Crippen LogP contribution in [0.3, 0.4) is 0 Å². The lowest BCUT2D eigenvalue weighted by Gasteiger charge is -2.30. The first-order chi connectivity index (χ1) is 12.7. The Bertz CT molecular complexity index is 1190. The van der Waals surface area contributed by atoms with Gasteiger partial charge in [0.2, 0.25) is 5.95 Å².